The minimum Gasteiger partial charge on any atom is -0.496 e. The van der Waals surface area contributed by atoms with Crippen LogP contribution in [0.4, 0.5) is 10.5 Å². The van der Waals surface area contributed by atoms with Crippen molar-refractivity contribution in [3.8, 4) is 16.9 Å². The van der Waals surface area contributed by atoms with E-state index < -0.39 is 0 Å². The Morgan fingerprint density at radius 1 is 1.21 bits per heavy atom. The number of benzene rings is 2. The second kappa shape index (κ2) is 8.93. The van der Waals surface area contributed by atoms with Crippen LogP contribution in [0.25, 0.3) is 11.1 Å². The van der Waals surface area contributed by atoms with Gasteiger partial charge in [0.2, 0.25) is 0 Å². The van der Waals surface area contributed by atoms with E-state index in [9.17, 15) is 4.79 Å². The van der Waals surface area contributed by atoms with E-state index >= 15 is 0 Å². The summed E-state index contributed by atoms with van der Waals surface area (Å²) >= 11 is 0. The predicted octanol–water partition coefficient (Wildman–Crippen LogP) is 3.50. The Bertz CT molecular complexity index is 673. The zero-order chi connectivity index (χ0) is 17.4. The Morgan fingerprint density at radius 3 is 2.75 bits per heavy atom. The number of carbonyl (C=O) groups is 1. The smallest absolute Gasteiger partial charge is 0.319 e. The average Bonchev–Trinajstić information content (AvgIpc) is 2.60. The molecular weight excluding hydrogens is 304 g/mol. The highest BCUT2D eigenvalue weighted by atomic mass is 16.5. The molecule has 24 heavy (non-hydrogen) atoms. The number of aliphatic hydroxyl groups excluding tert-OH is 1. The van der Waals surface area contributed by atoms with Crippen molar-refractivity contribution in [1.82, 2.24) is 5.32 Å². The molecule has 128 valence electrons. The van der Waals surface area contributed by atoms with Crippen LogP contribution >= 0.6 is 0 Å². The second-order valence-corrected chi connectivity index (χ2v) is 5.73. The molecule has 0 aliphatic rings. The van der Waals surface area contributed by atoms with Crippen LogP contribution < -0.4 is 15.4 Å². The number of carbonyl (C=O) groups excluding carboxylic acids is 1. The van der Waals surface area contributed by atoms with E-state index in [4.69, 9.17) is 9.84 Å². The van der Waals surface area contributed by atoms with Crippen molar-refractivity contribution < 1.29 is 14.6 Å². The normalized spacial score (nSPS) is 11.6. The first-order chi connectivity index (χ1) is 11.6. The highest BCUT2D eigenvalue weighted by Crippen LogP contribution is 2.30. The molecule has 0 heterocycles. The fourth-order valence-electron chi connectivity index (χ4n) is 2.41. The molecule has 2 amide bonds. The highest BCUT2D eigenvalue weighted by molar-refractivity contribution is 5.90. The van der Waals surface area contributed by atoms with Crippen LogP contribution in [0.2, 0.25) is 0 Å². The fourth-order valence-corrected chi connectivity index (χ4v) is 2.41. The van der Waals surface area contributed by atoms with E-state index in [2.05, 4.69) is 10.6 Å². The molecule has 5 nitrogen and oxygen atoms in total. The molecule has 0 aliphatic carbocycles. The number of anilines is 1. The quantitative estimate of drug-likeness (QED) is 0.728. The van der Waals surface area contributed by atoms with Gasteiger partial charge in [-0.15, -0.1) is 0 Å². The molecule has 1 atom stereocenters. The van der Waals surface area contributed by atoms with E-state index in [1.54, 1.807) is 7.11 Å². The van der Waals surface area contributed by atoms with Gasteiger partial charge in [0, 0.05) is 24.4 Å². The van der Waals surface area contributed by atoms with Crippen molar-refractivity contribution in [2.75, 3.05) is 25.6 Å². The molecule has 0 spiro atoms. The number of ether oxygens (including phenoxy) is 1. The van der Waals surface area contributed by atoms with E-state index in [-0.39, 0.29) is 18.6 Å². The molecule has 2 rings (SSSR count). The molecule has 0 bridgehead atoms. The molecule has 0 saturated carbocycles. The Morgan fingerprint density at radius 2 is 2.00 bits per heavy atom. The number of amides is 2. The van der Waals surface area contributed by atoms with Crippen LogP contribution in [-0.4, -0.2) is 31.4 Å². The van der Waals surface area contributed by atoms with Gasteiger partial charge in [-0.1, -0.05) is 37.3 Å². The third-order valence-electron chi connectivity index (χ3n) is 3.77. The number of para-hydroxylation sites is 1. The number of aliphatic hydroxyl groups is 1. The van der Waals surface area contributed by atoms with Gasteiger partial charge >= 0.3 is 6.03 Å². The largest absolute Gasteiger partial charge is 0.496 e. The Balaban J connectivity index is 2.04. The number of hydrogen-bond acceptors (Lipinski definition) is 3. The lowest BCUT2D eigenvalue weighted by molar-refractivity contribution is 0.243. The summed E-state index contributed by atoms with van der Waals surface area (Å²) in [6, 6.07) is 15.1. The minimum absolute atomic E-state index is 0.130. The molecule has 0 aromatic heterocycles. The van der Waals surface area contributed by atoms with Crippen molar-refractivity contribution in [2.24, 2.45) is 5.92 Å². The summed E-state index contributed by atoms with van der Waals surface area (Å²) < 4.78 is 5.39. The summed E-state index contributed by atoms with van der Waals surface area (Å²) in [4.78, 5) is 12.0. The molecule has 3 N–H and O–H groups in total. The SMILES string of the molecule is COc1ccccc1-c1cccc(NC(=O)NCC(C)CCO)c1. The first-order valence-electron chi connectivity index (χ1n) is 8.03. The average molecular weight is 328 g/mol. The fraction of sp³-hybridized carbons (Fsp3) is 0.316. The topological polar surface area (TPSA) is 70.6 Å². The van der Waals surface area contributed by atoms with Crippen molar-refractivity contribution >= 4 is 11.7 Å². The van der Waals surface area contributed by atoms with E-state index in [1.807, 2.05) is 55.5 Å². The maximum atomic E-state index is 12.0. The molecule has 2 aromatic rings. The standard InChI is InChI=1S/C19H24N2O3/c1-14(10-11-22)13-20-19(23)21-16-7-5-6-15(12-16)17-8-3-4-9-18(17)24-2/h3-9,12,14,22H,10-11,13H2,1-2H3,(H2,20,21,23). The van der Waals surface area contributed by atoms with E-state index in [0.29, 0.717) is 18.7 Å². The zero-order valence-electron chi connectivity index (χ0n) is 14.1. The predicted molar refractivity (Wildman–Crippen MR) is 96.3 cm³/mol. The minimum atomic E-state index is -0.253. The van der Waals surface area contributed by atoms with Crippen LogP contribution in [0.3, 0.4) is 0 Å². The maximum Gasteiger partial charge on any atom is 0.319 e. The zero-order valence-corrected chi connectivity index (χ0v) is 14.1. The molecule has 0 fully saturated rings. The summed E-state index contributed by atoms with van der Waals surface area (Å²) in [5, 5.41) is 14.5. The summed E-state index contributed by atoms with van der Waals surface area (Å²) in [5.41, 5.74) is 2.66. The summed E-state index contributed by atoms with van der Waals surface area (Å²) in [5.74, 6) is 1.03. The van der Waals surface area contributed by atoms with Gasteiger partial charge < -0.3 is 20.5 Å². The van der Waals surface area contributed by atoms with Crippen LogP contribution in [-0.2, 0) is 0 Å². The third kappa shape index (κ3) is 4.99. The van der Waals surface area contributed by atoms with Crippen molar-refractivity contribution in [3.05, 3.63) is 48.5 Å². The molecule has 5 heteroatoms. The van der Waals surface area contributed by atoms with Crippen molar-refractivity contribution in [2.45, 2.75) is 13.3 Å². The van der Waals surface area contributed by atoms with E-state index in [1.165, 1.54) is 0 Å². The number of methoxy groups -OCH3 is 1. The van der Waals surface area contributed by atoms with Gasteiger partial charge in [0.15, 0.2) is 0 Å². The summed E-state index contributed by atoms with van der Waals surface area (Å²) in [7, 11) is 1.64. The molecule has 0 radical (unpaired) electrons. The molecule has 2 aromatic carbocycles. The molecule has 1 unspecified atom stereocenters. The lowest BCUT2D eigenvalue weighted by atomic mass is 10.0. The van der Waals surface area contributed by atoms with Gasteiger partial charge in [-0.25, -0.2) is 4.79 Å². The highest BCUT2D eigenvalue weighted by Gasteiger charge is 2.08. The first-order valence-corrected chi connectivity index (χ1v) is 8.03. The first kappa shape index (κ1) is 17.8. The molecule has 0 saturated heterocycles. The van der Waals surface area contributed by atoms with Gasteiger partial charge in [-0.3, -0.25) is 0 Å². The van der Waals surface area contributed by atoms with Crippen molar-refractivity contribution in [1.29, 1.82) is 0 Å². The number of nitrogens with one attached hydrogen (secondary N) is 2. The lowest BCUT2D eigenvalue weighted by Gasteiger charge is -2.13. The maximum absolute atomic E-state index is 12.0. The number of urea groups is 1. The summed E-state index contributed by atoms with van der Waals surface area (Å²) in [6.07, 6.45) is 0.670. The van der Waals surface area contributed by atoms with Gasteiger partial charge in [-0.05, 0) is 36.1 Å². The molecular formula is C19H24N2O3. The third-order valence-corrected chi connectivity index (χ3v) is 3.77. The lowest BCUT2D eigenvalue weighted by Crippen LogP contribution is -2.32. The van der Waals surface area contributed by atoms with Crippen LogP contribution in [0.1, 0.15) is 13.3 Å². The second-order valence-electron chi connectivity index (χ2n) is 5.73. The molecule has 0 aliphatic heterocycles. The van der Waals surface area contributed by atoms with Gasteiger partial charge in [-0.2, -0.15) is 0 Å². The number of rotatable bonds is 7. The monoisotopic (exact) mass is 328 g/mol. The van der Waals surface area contributed by atoms with Crippen LogP contribution in [0.15, 0.2) is 48.5 Å². The Hall–Kier alpha value is -2.53. The Kier molecular flexibility index (Phi) is 6.63. The van der Waals surface area contributed by atoms with Crippen LogP contribution in [0.5, 0.6) is 5.75 Å². The van der Waals surface area contributed by atoms with Crippen molar-refractivity contribution in [3.63, 3.8) is 0 Å². The number of hydrogen-bond donors (Lipinski definition) is 3. The van der Waals surface area contributed by atoms with Gasteiger partial charge in [0.25, 0.3) is 0 Å². The van der Waals surface area contributed by atoms with Crippen LogP contribution in [0, 0.1) is 5.92 Å². The van der Waals surface area contributed by atoms with E-state index in [0.717, 1.165) is 16.9 Å². The Labute approximate surface area is 142 Å². The van der Waals surface area contributed by atoms with Gasteiger partial charge in [0.1, 0.15) is 5.75 Å². The summed E-state index contributed by atoms with van der Waals surface area (Å²) in [6.45, 7) is 2.64. The van der Waals surface area contributed by atoms with Gasteiger partial charge in [0.05, 0.1) is 7.11 Å².